The number of amides is 1. The van der Waals surface area contributed by atoms with Crippen LogP contribution in [-0.2, 0) is 11.3 Å². The maximum atomic E-state index is 11.5. The Hall–Kier alpha value is -2.61. The van der Waals surface area contributed by atoms with Gasteiger partial charge in [0.15, 0.2) is 5.65 Å². The number of nitrogens with zero attached hydrogens (tertiary/aromatic N) is 3. The van der Waals surface area contributed by atoms with Crippen molar-refractivity contribution in [2.75, 3.05) is 13.7 Å². The number of carbonyl (C=O) groups is 1. The van der Waals surface area contributed by atoms with Gasteiger partial charge in [-0.05, 0) is 25.1 Å². The van der Waals surface area contributed by atoms with Crippen molar-refractivity contribution in [3.8, 4) is 17.1 Å². The molecule has 8 heteroatoms. The highest BCUT2D eigenvalue weighted by Gasteiger charge is 2.17. The lowest BCUT2D eigenvalue weighted by Crippen LogP contribution is -2.23. The number of hydrogen-bond acceptors (Lipinski definition) is 5. The quantitative estimate of drug-likeness (QED) is 0.704. The molecule has 2 heterocycles. The van der Waals surface area contributed by atoms with Gasteiger partial charge in [-0.1, -0.05) is 28.1 Å². The number of halogens is 1. The fourth-order valence-electron chi connectivity index (χ4n) is 2.41. The maximum absolute atomic E-state index is 11.5. The Labute approximate surface area is 153 Å². The van der Waals surface area contributed by atoms with Gasteiger partial charge in [-0.15, -0.1) is 5.10 Å². The zero-order valence-electron chi connectivity index (χ0n) is 13.8. The summed E-state index contributed by atoms with van der Waals surface area (Å²) >= 11 is 3.43. The number of fused-ring (bicyclic) bond motifs is 1. The van der Waals surface area contributed by atoms with Crippen molar-refractivity contribution < 1.29 is 14.3 Å². The number of ether oxygens (including phenoxy) is 2. The van der Waals surface area contributed by atoms with Crippen LogP contribution in [0.25, 0.3) is 16.9 Å². The zero-order valence-corrected chi connectivity index (χ0v) is 15.4. The predicted molar refractivity (Wildman–Crippen MR) is 96.5 cm³/mol. The molecule has 1 aromatic carbocycles. The predicted octanol–water partition coefficient (Wildman–Crippen LogP) is 3.41. The molecule has 25 heavy (non-hydrogen) atoms. The first-order chi connectivity index (χ1) is 12.1. The first-order valence-electron chi connectivity index (χ1n) is 7.71. The molecule has 0 aliphatic carbocycles. The number of alkyl carbamates (subject to hydrolysis) is 1. The molecule has 0 saturated heterocycles. The third-order valence-electron chi connectivity index (χ3n) is 3.54. The molecule has 7 nitrogen and oxygen atoms in total. The van der Waals surface area contributed by atoms with E-state index in [1.54, 1.807) is 10.6 Å². The van der Waals surface area contributed by atoms with Crippen LogP contribution in [-0.4, -0.2) is 34.4 Å². The van der Waals surface area contributed by atoms with Crippen LogP contribution in [0.15, 0.2) is 40.9 Å². The van der Waals surface area contributed by atoms with Crippen molar-refractivity contribution in [1.82, 2.24) is 19.9 Å². The Morgan fingerprint density at radius 3 is 2.68 bits per heavy atom. The van der Waals surface area contributed by atoms with Gasteiger partial charge in [-0.2, -0.15) is 0 Å². The van der Waals surface area contributed by atoms with Crippen molar-refractivity contribution in [2.24, 2.45) is 0 Å². The second-order valence-electron chi connectivity index (χ2n) is 5.13. The molecular weight excluding hydrogens is 388 g/mol. The highest BCUT2D eigenvalue weighted by Crippen LogP contribution is 2.26. The van der Waals surface area contributed by atoms with Gasteiger partial charge >= 0.3 is 6.09 Å². The zero-order chi connectivity index (χ0) is 17.8. The van der Waals surface area contributed by atoms with E-state index in [1.165, 1.54) is 7.11 Å². The molecule has 0 saturated carbocycles. The van der Waals surface area contributed by atoms with Crippen molar-refractivity contribution in [3.63, 3.8) is 0 Å². The van der Waals surface area contributed by atoms with E-state index in [0.29, 0.717) is 18.1 Å². The maximum Gasteiger partial charge on any atom is 0.407 e. The third-order valence-corrected chi connectivity index (χ3v) is 4.07. The van der Waals surface area contributed by atoms with Gasteiger partial charge in [0.1, 0.15) is 0 Å². The number of nitrogens with one attached hydrogen (secondary N) is 1. The number of aromatic nitrogens is 3. The van der Waals surface area contributed by atoms with Gasteiger partial charge in [-0.3, -0.25) is 0 Å². The lowest BCUT2D eigenvalue weighted by molar-refractivity contribution is 0.170. The molecule has 0 fully saturated rings. The summed E-state index contributed by atoms with van der Waals surface area (Å²) in [4.78, 5) is 16.1. The Balaban J connectivity index is 2.10. The Kier molecular flexibility index (Phi) is 5.18. The first kappa shape index (κ1) is 17.2. The minimum Gasteiger partial charge on any atom is -0.477 e. The number of imidazole rings is 1. The number of hydrogen-bond donors (Lipinski definition) is 1. The van der Waals surface area contributed by atoms with E-state index in [1.807, 2.05) is 37.3 Å². The number of carbonyl (C=O) groups excluding carboxylic acids is 1. The molecule has 0 aliphatic rings. The Morgan fingerprint density at radius 2 is 2.00 bits per heavy atom. The summed E-state index contributed by atoms with van der Waals surface area (Å²) < 4.78 is 12.8. The van der Waals surface area contributed by atoms with Crippen molar-refractivity contribution >= 4 is 27.7 Å². The van der Waals surface area contributed by atoms with Crippen LogP contribution in [0.1, 0.15) is 12.6 Å². The second-order valence-corrected chi connectivity index (χ2v) is 6.05. The highest BCUT2D eigenvalue weighted by molar-refractivity contribution is 9.10. The molecule has 130 valence electrons. The molecule has 0 bridgehead atoms. The smallest absolute Gasteiger partial charge is 0.407 e. The minimum atomic E-state index is -0.516. The molecule has 3 aromatic rings. The van der Waals surface area contributed by atoms with Crippen LogP contribution in [0.5, 0.6) is 5.88 Å². The summed E-state index contributed by atoms with van der Waals surface area (Å²) in [6, 6.07) is 11.4. The van der Waals surface area contributed by atoms with Gasteiger partial charge in [0, 0.05) is 16.1 Å². The van der Waals surface area contributed by atoms with Gasteiger partial charge < -0.3 is 14.8 Å². The van der Waals surface area contributed by atoms with Gasteiger partial charge in [0.05, 0.1) is 31.6 Å². The Bertz CT molecular complexity index is 893. The van der Waals surface area contributed by atoms with E-state index in [-0.39, 0.29) is 6.54 Å². The molecule has 0 radical (unpaired) electrons. The normalized spacial score (nSPS) is 10.7. The van der Waals surface area contributed by atoms with E-state index in [0.717, 1.165) is 21.4 Å². The summed E-state index contributed by atoms with van der Waals surface area (Å²) in [6.07, 6.45) is -0.516. The highest BCUT2D eigenvalue weighted by atomic mass is 79.9. The fraction of sp³-hybridized carbons (Fsp3) is 0.235. The lowest BCUT2D eigenvalue weighted by Gasteiger charge is -2.07. The summed E-state index contributed by atoms with van der Waals surface area (Å²) in [6.45, 7) is 2.64. The molecule has 0 unspecified atom stereocenters. The summed E-state index contributed by atoms with van der Waals surface area (Å²) in [5.41, 5.74) is 3.07. The first-order valence-corrected chi connectivity index (χ1v) is 8.51. The molecule has 1 amide bonds. The van der Waals surface area contributed by atoms with Crippen LogP contribution < -0.4 is 10.1 Å². The van der Waals surface area contributed by atoms with Crippen molar-refractivity contribution in [3.05, 3.63) is 46.6 Å². The van der Waals surface area contributed by atoms with E-state index < -0.39 is 6.09 Å². The van der Waals surface area contributed by atoms with Crippen LogP contribution >= 0.6 is 15.9 Å². The van der Waals surface area contributed by atoms with Gasteiger partial charge in [0.2, 0.25) is 5.88 Å². The Morgan fingerprint density at radius 1 is 1.24 bits per heavy atom. The monoisotopic (exact) mass is 404 g/mol. The van der Waals surface area contributed by atoms with Crippen LogP contribution in [0.4, 0.5) is 4.79 Å². The van der Waals surface area contributed by atoms with Crippen molar-refractivity contribution in [2.45, 2.75) is 13.5 Å². The number of benzene rings is 1. The number of rotatable bonds is 5. The molecule has 0 atom stereocenters. The molecule has 3 rings (SSSR count). The standard InChI is InChI=1S/C17H17BrN4O3/c1-3-25-15-9-8-14-20-16(11-4-6-12(18)7-5-11)13(22(14)21-15)10-19-17(23)24-2/h4-9H,3,10H2,1-2H3,(H,19,23). The molecule has 2 aromatic heterocycles. The van der Waals surface area contributed by atoms with E-state index in [2.05, 4.69) is 36.1 Å². The average Bonchev–Trinajstić information content (AvgIpc) is 2.98. The lowest BCUT2D eigenvalue weighted by atomic mass is 10.1. The summed E-state index contributed by atoms with van der Waals surface area (Å²) in [5, 5.41) is 7.15. The molecule has 1 N–H and O–H groups in total. The molecular formula is C17H17BrN4O3. The van der Waals surface area contributed by atoms with Gasteiger partial charge in [-0.25, -0.2) is 14.3 Å². The minimum absolute atomic E-state index is 0.224. The largest absolute Gasteiger partial charge is 0.477 e. The van der Waals surface area contributed by atoms with E-state index >= 15 is 0 Å². The van der Waals surface area contributed by atoms with E-state index in [4.69, 9.17) is 4.74 Å². The molecule has 0 aliphatic heterocycles. The van der Waals surface area contributed by atoms with Crippen molar-refractivity contribution in [1.29, 1.82) is 0 Å². The fourth-order valence-corrected chi connectivity index (χ4v) is 2.68. The van der Waals surface area contributed by atoms with Crippen LogP contribution in [0, 0.1) is 0 Å². The summed E-state index contributed by atoms with van der Waals surface area (Å²) in [7, 11) is 1.32. The van der Waals surface area contributed by atoms with Crippen LogP contribution in [0.2, 0.25) is 0 Å². The van der Waals surface area contributed by atoms with Crippen LogP contribution in [0.3, 0.4) is 0 Å². The van der Waals surface area contributed by atoms with Gasteiger partial charge in [0.25, 0.3) is 0 Å². The topological polar surface area (TPSA) is 77.8 Å². The SMILES string of the molecule is CCOc1ccc2nc(-c3ccc(Br)cc3)c(CNC(=O)OC)n2n1. The summed E-state index contributed by atoms with van der Waals surface area (Å²) in [5.74, 6) is 0.495. The second kappa shape index (κ2) is 7.52. The third kappa shape index (κ3) is 3.74. The van der Waals surface area contributed by atoms with E-state index in [9.17, 15) is 4.79 Å². The average molecular weight is 405 g/mol. The molecule has 0 spiro atoms. The number of methoxy groups -OCH3 is 1.